The number of pyridine rings is 1. The molecule has 3 aromatic rings. The first kappa shape index (κ1) is 15.5. The quantitative estimate of drug-likeness (QED) is 0.683. The van der Waals surface area contributed by atoms with E-state index in [0.29, 0.717) is 17.8 Å². The third kappa shape index (κ3) is 3.17. The van der Waals surface area contributed by atoms with E-state index in [-0.39, 0.29) is 12.5 Å². The molecule has 2 amide bonds. The van der Waals surface area contributed by atoms with Crippen molar-refractivity contribution in [2.75, 3.05) is 0 Å². The summed E-state index contributed by atoms with van der Waals surface area (Å²) in [4.78, 5) is 35.3. The summed E-state index contributed by atoms with van der Waals surface area (Å²) in [6, 6.07) is 12.6. The van der Waals surface area contributed by atoms with Crippen molar-refractivity contribution in [1.82, 2.24) is 19.5 Å². The van der Waals surface area contributed by atoms with Crippen LogP contribution < -0.4 is 16.7 Å². The topological polar surface area (TPSA) is 111 Å². The first-order valence-corrected chi connectivity index (χ1v) is 7.24. The van der Waals surface area contributed by atoms with Crippen molar-refractivity contribution in [1.29, 1.82) is 0 Å². The summed E-state index contributed by atoms with van der Waals surface area (Å²) in [7, 11) is 0. The zero-order valence-corrected chi connectivity index (χ0v) is 12.7. The van der Waals surface area contributed by atoms with Gasteiger partial charge in [-0.2, -0.15) is 0 Å². The van der Waals surface area contributed by atoms with Gasteiger partial charge in [0.05, 0.1) is 5.56 Å². The van der Waals surface area contributed by atoms with E-state index in [4.69, 9.17) is 5.73 Å². The second kappa shape index (κ2) is 6.37. The summed E-state index contributed by atoms with van der Waals surface area (Å²) in [5.74, 6) is -0.975. The maximum Gasteiger partial charge on any atom is 0.350 e. The minimum Gasteiger partial charge on any atom is -0.368 e. The first-order chi connectivity index (χ1) is 11.5. The van der Waals surface area contributed by atoms with Crippen molar-refractivity contribution in [3.8, 4) is 0 Å². The molecule has 0 saturated carbocycles. The van der Waals surface area contributed by atoms with Gasteiger partial charge in [0.1, 0.15) is 6.54 Å². The Labute approximate surface area is 136 Å². The van der Waals surface area contributed by atoms with Crippen LogP contribution in [0.5, 0.6) is 0 Å². The standard InChI is InChI=1S/C16H15N5O3/c17-13(22)10-21-16(24)20-9-12(6-7-14(20)19-21)15(23)18-8-11-4-2-1-3-5-11/h1-7,9H,8,10H2,(H2,17,22)(H,18,23). The zero-order valence-electron chi connectivity index (χ0n) is 12.7. The van der Waals surface area contributed by atoms with Gasteiger partial charge in [-0.3, -0.25) is 9.59 Å². The Morgan fingerprint density at radius 2 is 1.88 bits per heavy atom. The highest BCUT2D eigenvalue weighted by Crippen LogP contribution is 2.04. The number of carbonyl (C=O) groups is 2. The third-order valence-electron chi connectivity index (χ3n) is 3.44. The van der Waals surface area contributed by atoms with Crippen LogP contribution in [0.3, 0.4) is 0 Å². The smallest absolute Gasteiger partial charge is 0.350 e. The molecule has 122 valence electrons. The van der Waals surface area contributed by atoms with Crippen molar-refractivity contribution >= 4 is 17.5 Å². The zero-order chi connectivity index (χ0) is 17.1. The van der Waals surface area contributed by atoms with Gasteiger partial charge in [0.2, 0.25) is 5.91 Å². The van der Waals surface area contributed by atoms with E-state index in [1.165, 1.54) is 16.7 Å². The molecule has 0 fully saturated rings. The molecular formula is C16H15N5O3. The fourth-order valence-corrected chi connectivity index (χ4v) is 2.28. The lowest BCUT2D eigenvalue weighted by Gasteiger charge is -2.05. The number of fused-ring (bicyclic) bond motifs is 1. The monoisotopic (exact) mass is 325 g/mol. The Bertz CT molecular complexity index is 959. The molecule has 2 heterocycles. The Balaban J connectivity index is 1.82. The number of benzene rings is 1. The van der Waals surface area contributed by atoms with Gasteiger partial charge in [0, 0.05) is 12.7 Å². The molecule has 0 spiro atoms. The lowest BCUT2D eigenvalue weighted by molar-refractivity contribution is -0.118. The van der Waals surface area contributed by atoms with Gasteiger partial charge in [-0.15, -0.1) is 5.10 Å². The summed E-state index contributed by atoms with van der Waals surface area (Å²) < 4.78 is 2.17. The number of primary amides is 1. The Morgan fingerprint density at radius 3 is 2.58 bits per heavy atom. The number of rotatable bonds is 5. The van der Waals surface area contributed by atoms with Crippen molar-refractivity contribution in [3.63, 3.8) is 0 Å². The highest BCUT2D eigenvalue weighted by molar-refractivity contribution is 5.94. The normalized spacial score (nSPS) is 10.7. The van der Waals surface area contributed by atoms with E-state index in [9.17, 15) is 14.4 Å². The van der Waals surface area contributed by atoms with Gasteiger partial charge < -0.3 is 11.1 Å². The summed E-state index contributed by atoms with van der Waals surface area (Å²) in [6.07, 6.45) is 1.39. The van der Waals surface area contributed by atoms with Crippen molar-refractivity contribution < 1.29 is 9.59 Å². The minimum atomic E-state index is -0.665. The summed E-state index contributed by atoms with van der Waals surface area (Å²) in [6.45, 7) is 0.0730. The van der Waals surface area contributed by atoms with Crippen molar-refractivity contribution in [2.45, 2.75) is 13.1 Å². The lowest BCUT2D eigenvalue weighted by atomic mass is 10.2. The van der Waals surface area contributed by atoms with Crippen LogP contribution in [-0.4, -0.2) is 26.0 Å². The Hall–Kier alpha value is -3.42. The van der Waals surface area contributed by atoms with Gasteiger partial charge in [0.15, 0.2) is 5.65 Å². The molecule has 0 radical (unpaired) electrons. The van der Waals surface area contributed by atoms with Crippen LogP contribution in [0.15, 0.2) is 53.5 Å². The molecule has 0 aliphatic rings. The molecular weight excluding hydrogens is 310 g/mol. The van der Waals surface area contributed by atoms with Crippen LogP contribution in [0, 0.1) is 0 Å². The van der Waals surface area contributed by atoms with Crippen LogP contribution >= 0.6 is 0 Å². The number of hydrogen-bond acceptors (Lipinski definition) is 4. The number of hydrogen-bond donors (Lipinski definition) is 2. The molecule has 0 unspecified atom stereocenters. The molecule has 0 aliphatic carbocycles. The molecule has 1 aromatic carbocycles. The first-order valence-electron chi connectivity index (χ1n) is 7.24. The molecule has 3 N–H and O–H groups in total. The molecule has 24 heavy (non-hydrogen) atoms. The van der Waals surface area contributed by atoms with Gasteiger partial charge in [-0.05, 0) is 17.7 Å². The Kier molecular flexibility index (Phi) is 4.11. The predicted molar refractivity (Wildman–Crippen MR) is 86.3 cm³/mol. The largest absolute Gasteiger partial charge is 0.368 e. The van der Waals surface area contributed by atoms with Crippen LogP contribution in [0.4, 0.5) is 0 Å². The van der Waals surface area contributed by atoms with Crippen LogP contribution in [0.2, 0.25) is 0 Å². The van der Waals surface area contributed by atoms with Crippen molar-refractivity contribution in [3.05, 3.63) is 70.3 Å². The summed E-state index contributed by atoms with van der Waals surface area (Å²) in [5.41, 5.74) is 6.17. The Morgan fingerprint density at radius 1 is 1.12 bits per heavy atom. The van der Waals surface area contributed by atoms with Gasteiger partial charge >= 0.3 is 5.69 Å². The highest BCUT2D eigenvalue weighted by atomic mass is 16.2. The summed E-state index contributed by atoms with van der Waals surface area (Å²) in [5, 5.41) is 6.76. The highest BCUT2D eigenvalue weighted by Gasteiger charge is 2.12. The van der Waals surface area contributed by atoms with Crippen LogP contribution in [0.1, 0.15) is 15.9 Å². The van der Waals surface area contributed by atoms with E-state index in [2.05, 4.69) is 10.4 Å². The van der Waals surface area contributed by atoms with E-state index in [0.717, 1.165) is 10.2 Å². The average Bonchev–Trinajstić information content (AvgIpc) is 2.88. The van der Waals surface area contributed by atoms with Gasteiger partial charge in [-0.25, -0.2) is 13.9 Å². The van der Waals surface area contributed by atoms with Crippen molar-refractivity contribution in [2.24, 2.45) is 5.73 Å². The molecule has 8 heteroatoms. The van der Waals surface area contributed by atoms with Gasteiger partial charge in [0.25, 0.3) is 5.91 Å². The van der Waals surface area contributed by atoms with E-state index < -0.39 is 11.6 Å². The molecule has 0 bridgehead atoms. The van der Waals surface area contributed by atoms with Crippen LogP contribution in [0.25, 0.3) is 5.65 Å². The number of aromatic nitrogens is 3. The van der Waals surface area contributed by atoms with E-state index >= 15 is 0 Å². The molecule has 3 rings (SSSR count). The number of carbonyl (C=O) groups excluding carboxylic acids is 2. The SMILES string of the molecule is NC(=O)Cn1nc2ccc(C(=O)NCc3ccccc3)cn2c1=O. The summed E-state index contributed by atoms with van der Waals surface area (Å²) >= 11 is 0. The predicted octanol–water partition coefficient (Wildman–Crippen LogP) is -0.0887. The fraction of sp³-hybridized carbons (Fsp3) is 0.125. The van der Waals surface area contributed by atoms with Gasteiger partial charge in [-0.1, -0.05) is 30.3 Å². The lowest BCUT2D eigenvalue weighted by Crippen LogP contribution is -2.29. The molecule has 0 aliphatic heterocycles. The average molecular weight is 325 g/mol. The third-order valence-corrected chi connectivity index (χ3v) is 3.44. The minimum absolute atomic E-state index is 0.309. The molecule has 0 saturated heterocycles. The van der Waals surface area contributed by atoms with E-state index in [1.807, 2.05) is 30.3 Å². The van der Waals surface area contributed by atoms with Crippen LogP contribution in [-0.2, 0) is 17.9 Å². The number of amides is 2. The number of nitrogens with zero attached hydrogens (tertiary/aromatic N) is 3. The maximum atomic E-state index is 12.2. The second-order valence-electron chi connectivity index (χ2n) is 5.22. The molecule has 8 nitrogen and oxygen atoms in total. The number of nitrogens with one attached hydrogen (secondary N) is 1. The number of nitrogens with two attached hydrogens (primary N) is 1. The fourth-order valence-electron chi connectivity index (χ4n) is 2.28. The maximum absolute atomic E-state index is 12.2. The molecule has 2 aromatic heterocycles. The second-order valence-corrected chi connectivity index (χ2v) is 5.22. The molecule has 0 atom stereocenters. The van der Waals surface area contributed by atoms with E-state index in [1.54, 1.807) is 6.07 Å².